The van der Waals surface area contributed by atoms with Crippen LogP contribution in [0.1, 0.15) is 12.8 Å². The van der Waals surface area contributed by atoms with Crippen molar-refractivity contribution in [3.63, 3.8) is 0 Å². The minimum atomic E-state index is -0.155. The Kier molecular flexibility index (Phi) is 5.12. The van der Waals surface area contributed by atoms with Crippen molar-refractivity contribution in [1.29, 1.82) is 0 Å². The molecule has 3 aromatic rings. The third-order valence-electron chi connectivity index (χ3n) is 5.10. The maximum absolute atomic E-state index is 12.8. The number of aliphatic hydroxyl groups is 1. The molecule has 1 amide bonds. The van der Waals surface area contributed by atoms with Crippen LogP contribution in [-0.4, -0.2) is 41.7 Å². The van der Waals surface area contributed by atoms with Crippen molar-refractivity contribution in [3.8, 4) is 16.9 Å². The highest BCUT2D eigenvalue weighted by molar-refractivity contribution is 5.83. The van der Waals surface area contributed by atoms with Crippen molar-refractivity contribution in [2.75, 3.05) is 19.8 Å². The minimum absolute atomic E-state index is 0.0311. The molecular formula is C22H21NO5. The summed E-state index contributed by atoms with van der Waals surface area (Å²) >= 11 is 0. The van der Waals surface area contributed by atoms with E-state index in [0.29, 0.717) is 28.8 Å². The predicted molar refractivity (Wildman–Crippen MR) is 105 cm³/mol. The molecule has 2 heterocycles. The standard InChI is InChI=1S/C22H21NO5/c24-12-16-7-4-10-23(16)21(25)14-27-17-8-9-18-20(11-17)28-13-19(22(18)26)15-5-2-1-3-6-15/h1-3,5-6,8-9,11,13,16,24H,4,7,10,12,14H2/t16-/m1/s1. The molecule has 0 radical (unpaired) electrons. The van der Waals surface area contributed by atoms with Gasteiger partial charge in [-0.2, -0.15) is 0 Å². The van der Waals surface area contributed by atoms with Crippen molar-refractivity contribution >= 4 is 16.9 Å². The molecule has 1 aliphatic heterocycles. The largest absolute Gasteiger partial charge is 0.484 e. The first-order chi connectivity index (χ1) is 13.7. The summed E-state index contributed by atoms with van der Waals surface area (Å²) in [5, 5.41) is 9.80. The summed E-state index contributed by atoms with van der Waals surface area (Å²) in [7, 11) is 0. The normalized spacial score (nSPS) is 16.5. The number of amides is 1. The Morgan fingerprint density at radius 3 is 2.82 bits per heavy atom. The zero-order valence-electron chi connectivity index (χ0n) is 15.3. The summed E-state index contributed by atoms with van der Waals surface area (Å²) < 4.78 is 11.3. The van der Waals surface area contributed by atoms with Crippen LogP contribution in [0.15, 0.2) is 64.0 Å². The monoisotopic (exact) mass is 379 g/mol. The lowest BCUT2D eigenvalue weighted by Gasteiger charge is -2.22. The number of carbonyl (C=O) groups is 1. The highest BCUT2D eigenvalue weighted by atomic mass is 16.5. The lowest BCUT2D eigenvalue weighted by atomic mass is 10.1. The van der Waals surface area contributed by atoms with E-state index in [2.05, 4.69) is 0 Å². The minimum Gasteiger partial charge on any atom is -0.484 e. The maximum atomic E-state index is 12.8. The zero-order valence-corrected chi connectivity index (χ0v) is 15.3. The first-order valence-corrected chi connectivity index (χ1v) is 9.31. The van der Waals surface area contributed by atoms with Gasteiger partial charge in [0.2, 0.25) is 0 Å². The third-order valence-corrected chi connectivity index (χ3v) is 5.10. The summed E-state index contributed by atoms with van der Waals surface area (Å²) in [6, 6.07) is 14.2. The molecule has 1 aliphatic rings. The fourth-order valence-corrected chi connectivity index (χ4v) is 3.60. The highest BCUT2D eigenvalue weighted by Gasteiger charge is 2.28. The summed E-state index contributed by atoms with van der Waals surface area (Å²) in [5.41, 5.74) is 1.59. The SMILES string of the molecule is O=C(COc1ccc2c(=O)c(-c3ccccc3)coc2c1)N1CCC[C@@H]1CO. The van der Waals surface area contributed by atoms with E-state index in [1.54, 1.807) is 23.1 Å². The van der Waals surface area contributed by atoms with Crippen molar-refractivity contribution in [2.24, 2.45) is 0 Å². The Labute approximate surface area is 162 Å². The van der Waals surface area contributed by atoms with Crippen molar-refractivity contribution in [2.45, 2.75) is 18.9 Å². The van der Waals surface area contributed by atoms with E-state index in [4.69, 9.17) is 9.15 Å². The van der Waals surface area contributed by atoms with Crippen LogP contribution < -0.4 is 10.2 Å². The second kappa shape index (κ2) is 7.86. The molecule has 1 atom stereocenters. The summed E-state index contributed by atoms with van der Waals surface area (Å²) in [6.45, 7) is 0.493. The number of hydrogen-bond donors (Lipinski definition) is 1. The van der Waals surface area contributed by atoms with Crippen molar-refractivity contribution in [3.05, 3.63) is 65.0 Å². The van der Waals surface area contributed by atoms with Gasteiger partial charge in [0.25, 0.3) is 5.91 Å². The Morgan fingerprint density at radius 2 is 2.04 bits per heavy atom. The fraction of sp³-hybridized carbons (Fsp3) is 0.273. The summed E-state index contributed by atoms with van der Waals surface area (Å²) in [5.74, 6) is 0.300. The van der Waals surface area contributed by atoms with Crippen LogP contribution in [0.3, 0.4) is 0 Å². The molecule has 28 heavy (non-hydrogen) atoms. The number of hydrogen-bond acceptors (Lipinski definition) is 5. The van der Waals surface area contributed by atoms with Gasteiger partial charge in [-0.25, -0.2) is 0 Å². The van der Waals surface area contributed by atoms with Gasteiger partial charge in [-0.3, -0.25) is 9.59 Å². The van der Waals surface area contributed by atoms with Crippen LogP contribution in [0.2, 0.25) is 0 Å². The van der Waals surface area contributed by atoms with Crippen molar-refractivity contribution in [1.82, 2.24) is 4.90 Å². The highest BCUT2D eigenvalue weighted by Crippen LogP contribution is 2.23. The Morgan fingerprint density at radius 1 is 1.21 bits per heavy atom. The van der Waals surface area contributed by atoms with Crippen LogP contribution in [-0.2, 0) is 4.79 Å². The predicted octanol–water partition coefficient (Wildman–Crippen LogP) is 2.82. The van der Waals surface area contributed by atoms with Gasteiger partial charge in [-0.15, -0.1) is 0 Å². The van der Waals surface area contributed by atoms with Crippen LogP contribution in [0.4, 0.5) is 0 Å². The van der Waals surface area contributed by atoms with Crippen LogP contribution >= 0.6 is 0 Å². The number of carbonyl (C=O) groups excluding carboxylic acids is 1. The second-order valence-electron chi connectivity index (χ2n) is 6.86. The number of rotatable bonds is 5. The number of nitrogens with zero attached hydrogens (tertiary/aromatic N) is 1. The van der Waals surface area contributed by atoms with Gasteiger partial charge in [0, 0.05) is 12.6 Å². The molecule has 0 saturated carbocycles. The van der Waals surface area contributed by atoms with E-state index in [9.17, 15) is 14.7 Å². The number of ether oxygens (including phenoxy) is 1. The Bertz CT molecular complexity index is 1040. The van der Waals surface area contributed by atoms with Crippen LogP contribution in [0, 0.1) is 0 Å². The molecular weight excluding hydrogens is 358 g/mol. The van der Waals surface area contributed by atoms with Gasteiger partial charge in [0.05, 0.1) is 23.6 Å². The average molecular weight is 379 g/mol. The van der Waals surface area contributed by atoms with E-state index in [0.717, 1.165) is 18.4 Å². The van der Waals surface area contributed by atoms with E-state index >= 15 is 0 Å². The molecule has 1 aromatic heterocycles. The van der Waals surface area contributed by atoms with Gasteiger partial charge in [0.1, 0.15) is 17.6 Å². The molecule has 1 saturated heterocycles. The van der Waals surface area contributed by atoms with E-state index in [1.165, 1.54) is 6.26 Å². The first-order valence-electron chi connectivity index (χ1n) is 9.31. The van der Waals surface area contributed by atoms with Crippen molar-refractivity contribution < 1.29 is 19.1 Å². The molecule has 6 nitrogen and oxygen atoms in total. The van der Waals surface area contributed by atoms with E-state index in [-0.39, 0.29) is 30.6 Å². The second-order valence-corrected chi connectivity index (χ2v) is 6.86. The molecule has 144 valence electrons. The molecule has 0 aliphatic carbocycles. The molecule has 2 aromatic carbocycles. The molecule has 0 spiro atoms. The van der Waals surface area contributed by atoms with E-state index < -0.39 is 0 Å². The summed E-state index contributed by atoms with van der Waals surface area (Å²) in [6.07, 6.45) is 3.15. The summed E-state index contributed by atoms with van der Waals surface area (Å²) in [4.78, 5) is 26.7. The molecule has 6 heteroatoms. The van der Waals surface area contributed by atoms with E-state index in [1.807, 2.05) is 30.3 Å². The molecule has 1 fully saturated rings. The number of aliphatic hydroxyl groups excluding tert-OH is 1. The average Bonchev–Trinajstić information content (AvgIpc) is 3.22. The Balaban J connectivity index is 1.52. The lowest BCUT2D eigenvalue weighted by Crippen LogP contribution is -2.40. The topological polar surface area (TPSA) is 80.0 Å². The van der Waals surface area contributed by atoms with Crippen LogP contribution in [0.5, 0.6) is 5.75 Å². The number of benzene rings is 2. The smallest absolute Gasteiger partial charge is 0.260 e. The lowest BCUT2D eigenvalue weighted by molar-refractivity contribution is -0.134. The fourth-order valence-electron chi connectivity index (χ4n) is 3.60. The number of likely N-dealkylation sites (tertiary alicyclic amines) is 1. The number of fused-ring (bicyclic) bond motifs is 1. The first kappa shape index (κ1) is 18.3. The maximum Gasteiger partial charge on any atom is 0.260 e. The van der Waals surface area contributed by atoms with Gasteiger partial charge >= 0.3 is 0 Å². The van der Waals surface area contributed by atoms with Gasteiger partial charge in [-0.05, 0) is 30.5 Å². The van der Waals surface area contributed by atoms with Gasteiger partial charge in [-0.1, -0.05) is 30.3 Å². The van der Waals surface area contributed by atoms with Gasteiger partial charge < -0.3 is 19.2 Å². The van der Waals surface area contributed by atoms with Gasteiger partial charge in [0.15, 0.2) is 12.0 Å². The third kappa shape index (κ3) is 3.51. The molecule has 4 rings (SSSR count). The molecule has 0 unspecified atom stereocenters. The molecule has 1 N–H and O–H groups in total. The Hall–Kier alpha value is -3.12. The van der Waals surface area contributed by atoms with Crippen LogP contribution in [0.25, 0.3) is 22.1 Å². The zero-order chi connectivity index (χ0) is 19.5. The molecule has 0 bridgehead atoms. The quantitative estimate of drug-likeness (QED) is 0.737.